The summed E-state index contributed by atoms with van der Waals surface area (Å²) in [4.78, 5) is 0. The summed E-state index contributed by atoms with van der Waals surface area (Å²) in [6.07, 6.45) is -1.77. The molecule has 3 fully saturated rings. The highest BCUT2D eigenvalue weighted by atomic mass is 16.8. The Kier molecular flexibility index (Phi) is 3.86. The lowest BCUT2D eigenvalue weighted by Gasteiger charge is -2.35. The van der Waals surface area contributed by atoms with E-state index >= 15 is 0 Å². The van der Waals surface area contributed by atoms with Crippen molar-refractivity contribution in [2.45, 2.75) is 81.6 Å². The van der Waals surface area contributed by atoms with Gasteiger partial charge in [-0.3, -0.25) is 0 Å². The molecule has 1 aromatic rings. The summed E-state index contributed by atoms with van der Waals surface area (Å²) >= 11 is 0. The van der Waals surface area contributed by atoms with E-state index in [-0.39, 0.29) is 12.5 Å². The zero-order chi connectivity index (χ0) is 19.8. The van der Waals surface area contributed by atoms with E-state index in [0.29, 0.717) is 12.2 Å². The Bertz CT molecular complexity index is 799. The Morgan fingerprint density at radius 3 is 2.36 bits per heavy atom. The van der Waals surface area contributed by atoms with Crippen molar-refractivity contribution in [3.8, 4) is 0 Å². The summed E-state index contributed by atoms with van der Waals surface area (Å²) in [5.41, 5.74) is -1.71. The number of hydrogen-bond donors (Lipinski definition) is 1. The van der Waals surface area contributed by atoms with E-state index in [1.807, 2.05) is 58.0 Å². The molecular formula is C20H26N2O6. The highest BCUT2D eigenvalue weighted by Crippen LogP contribution is 2.55. The number of benzene rings is 1. The van der Waals surface area contributed by atoms with Crippen LogP contribution in [0.4, 0.5) is 0 Å². The van der Waals surface area contributed by atoms with Crippen LogP contribution in [0.2, 0.25) is 0 Å². The molecule has 0 unspecified atom stereocenters. The molecule has 8 nitrogen and oxygen atoms in total. The number of aliphatic hydroxyl groups is 1. The lowest BCUT2D eigenvalue weighted by molar-refractivity contribution is -0.230. The number of ether oxygens (including phenoxy) is 5. The third-order valence-corrected chi connectivity index (χ3v) is 5.86. The van der Waals surface area contributed by atoms with Gasteiger partial charge in [-0.15, -0.1) is 0 Å². The molecule has 152 valence electrons. The Morgan fingerprint density at radius 2 is 1.68 bits per heavy atom. The van der Waals surface area contributed by atoms with Crippen molar-refractivity contribution in [2.75, 3.05) is 6.61 Å². The SMILES string of the molecule is CC1(C)OC[C@H]([C@H]2O[C@@H]3OC(C)(C)O[C@@H]3[C@@]23C[C@@](O)(c2ccccc2)N=N3)O1. The average Bonchev–Trinajstić information content (AvgIpc) is 3.33. The fourth-order valence-corrected chi connectivity index (χ4v) is 4.69. The Labute approximate surface area is 163 Å². The molecule has 1 aromatic carbocycles. The lowest BCUT2D eigenvalue weighted by atomic mass is 9.79. The molecule has 4 aliphatic rings. The van der Waals surface area contributed by atoms with Crippen LogP contribution in [0.25, 0.3) is 0 Å². The van der Waals surface area contributed by atoms with Gasteiger partial charge in [0.05, 0.1) is 6.61 Å². The molecule has 6 atom stereocenters. The van der Waals surface area contributed by atoms with Crippen LogP contribution >= 0.6 is 0 Å². The van der Waals surface area contributed by atoms with Crippen molar-refractivity contribution in [1.82, 2.24) is 0 Å². The van der Waals surface area contributed by atoms with Crippen LogP contribution in [0, 0.1) is 0 Å². The zero-order valence-electron chi connectivity index (χ0n) is 16.5. The molecule has 28 heavy (non-hydrogen) atoms. The predicted octanol–water partition coefficient (Wildman–Crippen LogP) is 2.45. The smallest absolute Gasteiger partial charge is 0.204 e. The minimum Gasteiger partial charge on any atom is -0.364 e. The van der Waals surface area contributed by atoms with Gasteiger partial charge in [-0.05, 0) is 27.7 Å². The van der Waals surface area contributed by atoms with Crippen LogP contribution in [-0.4, -0.2) is 53.4 Å². The molecule has 4 aliphatic heterocycles. The fraction of sp³-hybridized carbons (Fsp3) is 0.700. The van der Waals surface area contributed by atoms with Crippen molar-refractivity contribution in [3.05, 3.63) is 35.9 Å². The van der Waals surface area contributed by atoms with Gasteiger partial charge in [0, 0.05) is 12.0 Å². The van der Waals surface area contributed by atoms with Gasteiger partial charge in [-0.2, -0.15) is 10.2 Å². The van der Waals surface area contributed by atoms with Gasteiger partial charge < -0.3 is 28.8 Å². The highest BCUT2D eigenvalue weighted by molar-refractivity contribution is 5.27. The average molecular weight is 390 g/mol. The zero-order valence-corrected chi connectivity index (χ0v) is 16.5. The van der Waals surface area contributed by atoms with Crippen LogP contribution in [0.3, 0.4) is 0 Å². The molecule has 0 amide bonds. The molecule has 3 saturated heterocycles. The van der Waals surface area contributed by atoms with Crippen molar-refractivity contribution >= 4 is 0 Å². The predicted molar refractivity (Wildman–Crippen MR) is 96.1 cm³/mol. The third kappa shape index (κ3) is 2.74. The van der Waals surface area contributed by atoms with E-state index in [1.54, 1.807) is 0 Å². The molecule has 4 heterocycles. The topological polar surface area (TPSA) is 91.1 Å². The van der Waals surface area contributed by atoms with Gasteiger partial charge in [0.2, 0.25) is 5.72 Å². The van der Waals surface area contributed by atoms with Gasteiger partial charge >= 0.3 is 0 Å². The first-order chi connectivity index (χ1) is 13.1. The summed E-state index contributed by atoms with van der Waals surface area (Å²) in [6, 6.07) is 9.32. The van der Waals surface area contributed by atoms with E-state index in [4.69, 9.17) is 23.7 Å². The summed E-state index contributed by atoms with van der Waals surface area (Å²) in [7, 11) is 0. The number of azo groups is 1. The number of nitrogens with zero attached hydrogens (tertiary/aromatic N) is 2. The van der Waals surface area contributed by atoms with Gasteiger partial charge in [0.15, 0.2) is 17.9 Å². The molecule has 0 bridgehead atoms. The molecule has 0 aromatic heterocycles. The maximum Gasteiger partial charge on any atom is 0.204 e. The van der Waals surface area contributed by atoms with E-state index in [1.165, 1.54) is 0 Å². The summed E-state index contributed by atoms with van der Waals surface area (Å²) < 4.78 is 30.2. The van der Waals surface area contributed by atoms with E-state index in [9.17, 15) is 5.11 Å². The number of rotatable bonds is 2. The minimum atomic E-state index is -1.46. The molecule has 0 aliphatic carbocycles. The first kappa shape index (κ1) is 18.6. The van der Waals surface area contributed by atoms with Crippen LogP contribution < -0.4 is 0 Å². The van der Waals surface area contributed by atoms with Crippen molar-refractivity contribution in [1.29, 1.82) is 0 Å². The maximum absolute atomic E-state index is 11.3. The van der Waals surface area contributed by atoms with Gasteiger partial charge in [-0.25, -0.2) is 0 Å². The quantitative estimate of drug-likeness (QED) is 0.834. The molecule has 0 saturated carbocycles. The fourth-order valence-electron chi connectivity index (χ4n) is 4.69. The van der Waals surface area contributed by atoms with E-state index in [0.717, 1.165) is 0 Å². The van der Waals surface area contributed by atoms with Gasteiger partial charge in [-0.1, -0.05) is 30.3 Å². The van der Waals surface area contributed by atoms with E-state index < -0.39 is 41.3 Å². The van der Waals surface area contributed by atoms with Crippen LogP contribution in [0.1, 0.15) is 39.7 Å². The van der Waals surface area contributed by atoms with Gasteiger partial charge in [0.25, 0.3) is 0 Å². The number of fused-ring (bicyclic) bond motifs is 2. The van der Waals surface area contributed by atoms with Crippen LogP contribution in [-0.2, 0) is 29.4 Å². The second-order valence-electron chi connectivity index (χ2n) is 8.90. The molecule has 8 heteroatoms. The summed E-state index contributed by atoms with van der Waals surface area (Å²) in [5.74, 6) is -1.51. The van der Waals surface area contributed by atoms with Crippen LogP contribution in [0.15, 0.2) is 40.6 Å². The third-order valence-electron chi connectivity index (χ3n) is 5.86. The minimum absolute atomic E-state index is 0.218. The largest absolute Gasteiger partial charge is 0.364 e. The Hall–Kier alpha value is -1.42. The molecule has 0 radical (unpaired) electrons. The Balaban J connectivity index is 1.51. The van der Waals surface area contributed by atoms with E-state index in [2.05, 4.69) is 10.2 Å². The summed E-state index contributed by atoms with van der Waals surface area (Å²) in [6.45, 7) is 7.77. The highest BCUT2D eigenvalue weighted by Gasteiger charge is 2.70. The standard InChI is InChI=1S/C20H26N2O6/c1-17(2)24-10-13(26-17)14-19(15-16(25-14)28-18(3,4)27-15)11-20(23,22-21-19)12-8-6-5-7-9-12/h5-9,13-16,23H,10-11H2,1-4H3/t13-,14-,15+,16-,19-,20-/m1/s1. The monoisotopic (exact) mass is 390 g/mol. The Morgan fingerprint density at radius 1 is 0.929 bits per heavy atom. The second kappa shape index (κ2) is 5.81. The second-order valence-corrected chi connectivity index (χ2v) is 8.90. The summed E-state index contributed by atoms with van der Waals surface area (Å²) in [5, 5.41) is 20.2. The maximum atomic E-state index is 11.3. The van der Waals surface area contributed by atoms with Crippen LogP contribution in [0.5, 0.6) is 0 Å². The van der Waals surface area contributed by atoms with Gasteiger partial charge in [0.1, 0.15) is 23.9 Å². The molecule has 1 N–H and O–H groups in total. The molecular weight excluding hydrogens is 364 g/mol. The first-order valence-electron chi connectivity index (χ1n) is 9.67. The van der Waals surface area contributed by atoms with Crippen molar-refractivity contribution < 1.29 is 28.8 Å². The molecule has 5 rings (SSSR count). The van der Waals surface area contributed by atoms with Crippen molar-refractivity contribution in [3.63, 3.8) is 0 Å². The molecule has 1 spiro atoms. The normalized spacial score (nSPS) is 45.8. The lowest BCUT2D eigenvalue weighted by Crippen LogP contribution is -2.53. The number of hydrogen-bond acceptors (Lipinski definition) is 8. The first-order valence-corrected chi connectivity index (χ1v) is 9.67. The van der Waals surface area contributed by atoms with Crippen molar-refractivity contribution in [2.24, 2.45) is 10.2 Å².